The number of benzene rings is 2. The second kappa shape index (κ2) is 13.0. The zero-order valence-electron chi connectivity index (χ0n) is 22.5. The van der Waals surface area contributed by atoms with Crippen LogP contribution in [0.1, 0.15) is 54.9 Å². The standard InChI is InChI=1S/C29H34ClN3O6S/c1-29(35,22-11-15-27(30)31-19-22)32-16-17-38-23-12-8-20(9-13-23)21-10-14-25(28(34)33-40(2,36)37)26(18-21)39-24-6-4-3-5-7-24/h8-15,18-19,24,32,35H,3-7,16-17H2,1-2H3,(H,33,34)/t29-/m0/s1. The van der Waals surface area contributed by atoms with Gasteiger partial charge in [-0.25, -0.2) is 18.1 Å². The van der Waals surface area contributed by atoms with Crippen molar-refractivity contribution in [2.24, 2.45) is 0 Å². The fourth-order valence-corrected chi connectivity index (χ4v) is 5.10. The molecule has 11 heteroatoms. The van der Waals surface area contributed by atoms with E-state index in [2.05, 4.69) is 10.3 Å². The van der Waals surface area contributed by atoms with E-state index in [4.69, 9.17) is 21.1 Å². The summed E-state index contributed by atoms with van der Waals surface area (Å²) in [6.07, 6.45) is 7.50. The summed E-state index contributed by atoms with van der Waals surface area (Å²) >= 11 is 5.82. The molecule has 9 nitrogen and oxygen atoms in total. The maximum absolute atomic E-state index is 12.7. The predicted octanol–water partition coefficient (Wildman–Crippen LogP) is 4.64. The van der Waals surface area contributed by atoms with E-state index in [1.807, 2.05) is 29.0 Å². The van der Waals surface area contributed by atoms with Gasteiger partial charge in [-0.15, -0.1) is 0 Å². The zero-order chi connectivity index (χ0) is 28.8. The molecule has 4 rings (SSSR count). The molecule has 0 saturated heterocycles. The minimum Gasteiger partial charge on any atom is -0.492 e. The lowest BCUT2D eigenvalue weighted by molar-refractivity contribution is 0.0166. The molecule has 1 atom stereocenters. The molecule has 3 N–H and O–H groups in total. The van der Waals surface area contributed by atoms with Crippen LogP contribution in [0.2, 0.25) is 5.15 Å². The van der Waals surface area contributed by atoms with Gasteiger partial charge in [-0.2, -0.15) is 0 Å². The molecule has 1 amide bonds. The zero-order valence-corrected chi connectivity index (χ0v) is 24.1. The maximum atomic E-state index is 12.7. The molecule has 0 bridgehead atoms. The molecule has 0 spiro atoms. The van der Waals surface area contributed by atoms with E-state index in [0.717, 1.165) is 49.5 Å². The molecular weight excluding hydrogens is 554 g/mol. The average molecular weight is 588 g/mol. The average Bonchev–Trinajstić information content (AvgIpc) is 2.91. The Hall–Kier alpha value is -3.18. The van der Waals surface area contributed by atoms with E-state index >= 15 is 0 Å². The number of sulfonamides is 1. The number of hydrogen-bond acceptors (Lipinski definition) is 8. The molecule has 1 aromatic heterocycles. The largest absolute Gasteiger partial charge is 0.492 e. The first-order valence-corrected chi connectivity index (χ1v) is 15.4. The van der Waals surface area contributed by atoms with E-state index in [1.54, 1.807) is 37.3 Å². The number of nitrogens with zero attached hydrogens (tertiary/aromatic N) is 1. The Labute approximate surface area is 239 Å². The summed E-state index contributed by atoms with van der Waals surface area (Å²) in [5.41, 5.74) is 1.19. The number of amides is 1. The van der Waals surface area contributed by atoms with E-state index < -0.39 is 21.7 Å². The molecule has 1 saturated carbocycles. The van der Waals surface area contributed by atoms with Crippen molar-refractivity contribution >= 4 is 27.5 Å². The van der Waals surface area contributed by atoms with Crippen molar-refractivity contribution in [2.75, 3.05) is 19.4 Å². The Kier molecular flexibility index (Phi) is 9.68. The van der Waals surface area contributed by atoms with Gasteiger partial charge in [-0.05, 0) is 74.1 Å². The molecule has 0 radical (unpaired) electrons. The highest BCUT2D eigenvalue weighted by molar-refractivity contribution is 7.89. The highest BCUT2D eigenvalue weighted by Gasteiger charge is 2.23. The van der Waals surface area contributed by atoms with Crippen molar-refractivity contribution in [3.8, 4) is 22.6 Å². The van der Waals surface area contributed by atoms with Crippen LogP contribution in [0.5, 0.6) is 11.5 Å². The fraction of sp³-hybridized carbons (Fsp3) is 0.379. The maximum Gasteiger partial charge on any atom is 0.268 e. The summed E-state index contributed by atoms with van der Waals surface area (Å²) in [4.78, 5) is 16.7. The number of aromatic nitrogens is 1. The van der Waals surface area contributed by atoms with E-state index in [0.29, 0.717) is 35.4 Å². The van der Waals surface area contributed by atoms with E-state index in [9.17, 15) is 18.3 Å². The summed E-state index contributed by atoms with van der Waals surface area (Å²) in [7, 11) is -3.72. The molecule has 214 valence electrons. The molecule has 1 heterocycles. The highest BCUT2D eigenvalue weighted by Crippen LogP contribution is 2.32. The minimum absolute atomic E-state index is 0.0186. The third kappa shape index (κ3) is 8.41. The van der Waals surface area contributed by atoms with E-state index in [-0.39, 0.29) is 11.7 Å². The smallest absolute Gasteiger partial charge is 0.268 e. The number of carbonyl (C=O) groups excluding carboxylic acids is 1. The van der Waals surface area contributed by atoms with Crippen molar-refractivity contribution in [3.63, 3.8) is 0 Å². The van der Waals surface area contributed by atoms with Crippen LogP contribution in [-0.4, -0.2) is 49.9 Å². The Morgan fingerprint density at radius 2 is 1.77 bits per heavy atom. The van der Waals surface area contributed by atoms with Crippen LogP contribution in [0.25, 0.3) is 11.1 Å². The second-order valence-corrected chi connectivity index (χ2v) is 12.2. The number of hydrogen-bond donors (Lipinski definition) is 3. The molecule has 0 aliphatic heterocycles. The number of ether oxygens (including phenoxy) is 2. The first kappa shape index (κ1) is 29.8. The Balaban J connectivity index is 1.41. The van der Waals surface area contributed by atoms with Gasteiger partial charge in [-0.1, -0.05) is 42.3 Å². The van der Waals surface area contributed by atoms with Crippen molar-refractivity contribution in [1.29, 1.82) is 0 Å². The number of carbonyl (C=O) groups is 1. The van der Waals surface area contributed by atoms with E-state index in [1.165, 1.54) is 6.20 Å². The number of nitrogens with one attached hydrogen (secondary N) is 2. The molecule has 1 fully saturated rings. The monoisotopic (exact) mass is 587 g/mol. The van der Waals surface area contributed by atoms with Gasteiger partial charge in [0.15, 0.2) is 0 Å². The second-order valence-electron chi connectivity index (χ2n) is 10.0. The first-order chi connectivity index (χ1) is 19.0. The van der Waals surface area contributed by atoms with Gasteiger partial charge in [0, 0.05) is 18.3 Å². The minimum atomic E-state index is -3.72. The summed E-state index contributed by atoms with van der Waals surface area (Å²) in [6, 6.07) is 15.9. The highest BCUT2D eigenvalue weighted by atomic mass is 35.5. The molecule has 40 heavy (non-hydrogen) atoms. The molecule has 1 aliphatic carbocycles. The Morgan fingerprint density at radius 1 is 1.07 bits per heavy atom. The summed E-state index contributed by atoms with van der Waals surface area (Å²) in [5, 5.41) is 14.0. The lowest BCUT2D eigenvalue weighted by Crippen LogP contribution is -2.41. The summed E-state index contributed by atoms with van der Waals surface area (Å²) in [5.74, 6) is 0.296. The van der Waals surface area contributed by atoms with Crippen LogP contribution in [0.15, 0.2) is 60.8 Å². The van der Waals surface area contributed by atoms with Gasteiger partial charge in [0.1, 0.15) is 29.0 Å². The van der Waals surface area contributed by atoms with Crippen molar-refractivity contribution in [3.05, 3.63) is 77.1 Å². The number of pyridine rings is 1. The molecule has 3 aromatic rings. The molecule has 2 aromatic carbocycles. The van der Waals surface area contributed by atoms with Crippen LogP contribution in [0.4, 0.5) is 0 Å². The van der Waals surface area contributed by atoms with Crippen molar-refractivity contribution in [2.45, 2.75) is 50.9 Å². The van der Waals surface area contributed by atoms with Gasteiger partial charge in [-0.3, -0.25) is 10.1 Å². The third-order valence-electron chi connectivity index (χ3n) is 6.67. The lowest BCUT2D eigenvalue weighted by Gasteiger charge is -2.25. The predicted molar refractivity (Wildman–Crippen MR) is 154 cm³/mol. The normalized spacial score (nSPS) is 15.7. The first-order valence-electron chi connectivity index (χ1n) is 13.2. The van der Waals surface area contributed by atoms with Gasteiger partial charge < -0.3 is 14.6 Å². The summed E-state index contributed by atoms with van der Waals surface area (Å²) < 4.78 is 37.4. The lowest BCUT2D eigenvalue weighted by atomic mass is 9.97. The third-order valence-corrected chi connectivity index (χ3v) is 7.45. The van der Waals surface area contributed by atoms with Gasteiger partial charge >= 0.3 is 0 Å². The number of aliphatic hydroxyl groups is 1. The topological polar surface area (TPSA) is 127 Å². The quantitative estimate of drug-likeness (QED) is 0.168. The molecule has 0 unspecified atom stereocenters. The summed E-state index contributed by atoms with van der Waals surface area (Å²) in [6.45, 7) is 2.34. The van der Waals surface area contributed by atoms with Gasteiger partial charge in [0.05, 0.1) is 17.9 Å². The van der Waals surface area contributed by atoms with Crippen LogP contribution >= 0.6 is 11.6 Å². The van der Waals surface area contributed by atoms with Crippen LogP contribution in [0, 0.1) is 0 Å². The molecule has 1 aliphatic rings. The van der Waals surface area contributed by atoms with Crippen molar-refractivity contribution in [1.82, 2.24) is 15.0 Å². The van der Waals surface area contributed by atoms with Crippen LogP contribution in [-0.2, 0) is 15.7 Å². The number of halogens is 1. The molecular formula is C29H34ClN3O6S. The van der Waals surface area contributed by atoms with Crippen LogP contribution < -0.4 is 19.5 Å². The number of rotatable bonds is 11. The Bertz CT molecular complexity index is 1410. The SMILES string of the molecule is C[C@@](O)(NCCOc1ccc(-c2ccc(C(=O)NS(C)(=O)=O)c(OC3CCCCC3)c2)cc1)c1ccc(Cl)nc1. The fourth-order valence-electron chi connectivity index (χ4n) is 4.55. The Morgan fingerprint density at radius 3 is 2.42 bits per heavy atom. The van der Waals surface area contributed by atoms with Gasteiger partial charge in [0.2, 0.25) is 10.0 Å². The van der Waals surface area contributed by atoms with Crippen LogP contribution in [0.3, 0.4) is 0 Å². The van der Waals surface area contributed by atoms with Gasteiger partial charge in [0.25, 0.3) is 5.91 Å². The van der Waals surface area contributed by atoms with Crippen molar-refractivity contribution < 1.29 is 27.8 Å².